The van der Waals surface area contributed by atoms with Crippen LogP contribution in [0.2, 0.25) is 0 Å². The Kier molecular flexibility index (Phi) is 49.2. The third kappa shape index (κ3) is 9.18. The first-order chi connectivity index (χ1) is 2.00. The van der Waals surface area contributed by atoms with Gasteiger partial charge in [0.2, 0.25) is 0 Å². The standard InChI is InChI=1S/Mo.2S.W. The van der Waals surface area contributed by atoms with Gasteiger partial charge in [0, 0.05) is 0 Å². The van der Waals surface area contributed by atoms with Crippen LogP contribution in [-0.4, -0.2) is 0 Å². The molecule has 0 radical (unpaired) electrons. The summed E-state index contributed by atoms with van der Waals surface area (Å²) in [6, 6.07) is 0. The van der Waals surface area contributed by atoms with Crippen LogP contribution in [0.1, 0.15) is 0 Å². The molecule has 4 heteroatoms. The van der Waals surface area contributed by atoms with Crippen LogP contribution in [0.5, 0.6) is 0 Å². The predicted octanol–water partition coefficient (Wildman–Crippen LogP) is 1.29. The van der Waals surface area contributed by atoms with Gasteiger partial charge >= 0.3 is 55.6 Å². The van der Waals surface area contributed by atoms with Gasteiger partial charge in [0.05, 0.1) is 0 Å². The molecule has 0 bridgehead atoms. The fraction of sp³-hybridized carbons (Fsp3) is 0. The first kappa shape index (κ1) is 9.26. The van der Waals surface area contributed by atoms with Gasteiger partial charge in [-0.15, -0.1) is 0 Å². The quantitative estimate of drug-likeness (QED) is 0.608. The first-order valence-electron chi connectivity index (χ1n) is 0.333. The summed E-state index contributed by atoms with van der Waals surface area (Å²) in [7, 11) is 8.26. The Balaban J connectivity index is 0. The molecule has 0 unspecified atom stereocenters. The van der Waals surface area contributed by atoms with E-state index in [2.05, 4.69) is 19.6 Å². The molecule has 0 saturated carbocycles. The number of rotatable bonds is 0. The summed E-state index contributed by atoms with van der Waals surface area (Å²) in [4.78, 5) is 0. The molecule has 0 aliphatic carbocycles. The first-order valence-corrected chi connectivity index (χ1v) is 7.05. The summed E-state index contributed by atoms with van der Waals surface area (Å²) >= 11 is 2.70. The van der Waals surface area contributed by atoms with E-state index in [1.807, 2.05) is 0 Å². The zero-order valence-electron chi connectivity index (χ0n) is 1.63. The summed E-state index contributed by atoms with van der Waals surface area (Å²) in [5.74, 6) is 0. The predicted molar refractivity (Wildman–Crippen MR) is 15.2 cm³/mol. The summed E-state index contributed by atoms with van der Waals surface area (Å²) in [6.07, 6.45) is 0. The van der Waals surface area contributed by atoms with Crippen molar-refractivity contribution >= 4 is 19.6 Å². The van der Waals surface area contributed by atoms with Crippen LogP contribution in [0.25, 0.3) is 0 Å². The van der Waals surface area contributed by atoms with E-state index >= 15 is 0 Å². The fourth-order valence-electron chi connectivity index (χ4n) is 0. The van der Waals surface area contributed by atoms with E-state index < -0.39 is 0 Å². The third-order valence-electron chi connectivity index (χ3n) is 0. The molecule has 0 nitrogen and oxygen atoms in total. The minimum atomic E-state index is 1.17. The average Bonchev–Trinajstić information content (AvgIpc) is 1.50. The Labute approximate surface area is 55.0 Å². The summed E-state index contributed by atoms with van der Waals surface area (Å²) < 4.78 is 0. The molecule has 0 fully saturated rings. The van der Waals surface area contributed by atoms with Crippen LogP contribution in [0, 0.1) is 0 Å². The monoisotopic (exact) mass is 346 g/mol. The molecular weight excluding hydrogens is 344 g/mol. The van der Waals surface area contributed by atoms with Crippen molar-refractivity contribution in [2.24, 2.45) is 0 Å². The van der Waals surface area contributed by atoms with Gasteiger partial charge in [-0.1, -0.05) is 0 Å². The number of hydrogen-bond donors (Lipinski definition) is 0. The molecule has 0 amide bonds. The van der Waals surface area contributed by atoms with Gasteiger partial charge in [0.25, 0.3) is 0 Å². The molecule has 0 aromatic carbocycles. The molecule has 0 aliphatic rings. The van der Waals surface area contributed by atoms with Crippen LogP contribution >= 0.6 is 19.6 Å². The number of hydrogen-bond acceptors (Lipinski definition) is 2. The Morgan fingerprint density at radius 1 is 1.25 bits per heavy atom. The van der Waals surface area contributed by atoms with Gasteiger partial charge in [-0.2, -0.15) is 0 Å². The topological polar surface area (TPSA) is 0 Å². The molecular formula is MoS2W. The van der Waals surface area contributed by atoms with Crippen LogP contribution in [0.15, 0.2) is 0 Å². The van der Waals surface area contributed by atoms with Crippen molar-refractivity contribution in [1.82, 2.24) is 0 Å². The van der Waals surface area contributed by atoms with Gasteiger partial charge in [-0.05, 0) is 0 Å². The second-order valence-electron chi connectivity index (χ2n) is 0. The van der Waals surface area contributed by atoms with Crippen molar-refractivity contribution in [3.8, 4) is 0 Å². The molecule has 4 heavy (non-hydrogen) atoms. The summed E-state index contributed by atoms with van der Waals surface area (Å²) in [5.41, 5.74) is 0. The van der Waals surface area contributed by atoms with Gasteiger partial charge < -0.3 is 0 Å². The summed E-state index contributed by atoms with van der Waals surface area (Å²) in [6.45, 7) is 0. The molecule has 0 N–H and O–H groups in total. The van der Waals surface area contributed by atoms with Crippen molar-refractivity contribution in [3.05, 3.63) is 0 Å². The van der Waals surface area contributed by atoms with E-state index in [0.29, 0.717) is 0 Å². The van der Waals surface area contributed by atoms with Gasteiger partial charge in [0.1, 0.15) is 0 Å². The van der Waals surface area contributed by atoms with E-state index in [9.17, 15) is 0 Å². The second kappa shape index (κ2) is 21.3. The zero-order valence-corrected chi connectivity index (χ0v) is 8.21. The van der Waals surface area contributed by atoms with Gasteiger partial charge in [-0.25, -0.2) is 0 Å². The fourth-order valence-corrected chi connectivity index (χ4v) is 0. The molecule has 0 aromatic rings. The Morgan fingerprint density at radius 3 is 1.25 bits per heavy atom. The van der Waals surface area contributed by atoms with E-state index in [1.54, 1.807) is 0 Å². The van der Waals surface area contributed by atoms with E-state index in [0.717, 1.165) is 0 Å². The second-order valence-corrected chi connectivity index (χ2v) is 0. The van der Waals surface area contributed by atoms with Crippen molar-refractivity contribution in [3.63, 3.8) is 0 Å². The van der Waals surface area contributed by atoms with Crippen LogP contribution in [0.4, 0.5) is 0 Å². The minimum absolute atomic E-state index is 1.17. The Morgan fingerprint density at radius 2 is 1.25 bits per heavy atom. The maximum atomic E-state index is 4.17. The summed E-state index contributed by atoms with van der Waals surface area (Å²) in [5, 5.41) is 0. The molecule has 0 aliphatic heterocycles. The van der Waals surface area contributed by atoms with Crippen molar-refractivity contribution in [2.75, 3.05) is 0 Å². The van der Waals surface area contributed by atoms with Crippen molar-refractivity contribution in [2.45, 2.75) is 0 Å². The van der Waals surface area contributed by atoms with Gasteiger partial charge in [0.15, 0.2) is 0 Å². The molecule has 0 spiro atoms. The molecule has 24 valence electrons. The molecule has 0 saturated heterocycles. The molecule has 0 rings (SSSR count). The third-order valence-corrected chi connectivity index (χ3v) is 0. The Bertz CT molecular complexity index is 8.00. The average molecular weight is 344 g/mol. The van der Waals surface area contributed by atoms with Gasteiger partial charge in [-0.3, -0.25) is 0 Å². The molecule has 0 heterocycles. The molecule has 0 aromatic heterocycles. The van der Waals surface area contributed by atoms with Crippen molar-refractivity contribution in [1.29, 1.82) is 0 Å². The zero-order chi connectivity index (χ0) is 4.00. The Hall–Kier alpha value is 1.82. The van der Waals surface area contributed by atoms with Crippen LogP contribution in [0.3, 0.4) is 0 Å². The van der Waals surface area contributed by atoms with E-state index in [4.69, 9.17) is 0 Å². The SMILES string of the molecule is [S]=[Mo].[S]=[W]. The van der Waals surface area contributed by atoms with E-state index in [1.165, 1.54) is 36.0 Å². The van der Waals surface area contributed by atoms with Crippen LogP contribution < -0.4 is 0 Å². The normalized spacial score (nSPS) is 2.00. The molecule has 0 atom stereocenters. The van der Waals surface area contributed by atoms with Crippen molar-refractivity contribution < 1.29 is 36.0 Å². The van der Waals surface area contributed by atoms with E-state index in [-0.39, 0.29) is 0 Å². The maximum absolute atomic E-state index is 4.17. The van der Waals surface area contributed by atoms with Crippen LogP contribution in [-0.2, 0) is 36.0 Å².